The van der Waals surface area contributed by atoms with E-state index >= 15 is 0 Å². The van der Waals surface area contributed by atoms with Gasteiger partial charge in [0.2, 0.25) is 11.8 Å². The van der Waals surface area contributed by atoms with Gasteiger partial charge < -0.3 is 8.94 Å². The van der Waals surface area contributed by atoms with Gasteiger partial charge in [0.05, 0.1) is 12.6 Å². The monoisotopic (exact) mass is 327 g/mol. The second-order valence-corrected chi connectivity index (χ2v) is 6.24. The van der Waals surface area contributed by atoms with Crippen molar-refractivity contribution in [3.63, 3.8) is 0 Å². The predicted molar refractivity (Wildman–Crippen MR) is 88.3 cm³/mol. The van der Waals surface area contributed by atoms with Gasteiger partial charge in [-0.3, -0.25) is 9.80 Å². The zero-order chi connectivity index (χ0) is 16.5. The number of piperazine rings is 1. The van der Waals surface area contributed by atoms with Crippen LogP contribution >= 0.6 is 0 Å². The van der Waals surface area contributed by atoms with E-state index in [0.29, 0.717) is 11.7 Å². The quantitative estimate of drug-likeness (QED) is 0.728. The topological polar surface area (TPSA) is 71.4 Å². The summed E-state index contributed by atoms with van der Waals surface area (Å²) < 4.78 is 11.1. The minimum Gasteiger partial charge on any atom is -0.439 e. The first kappa shape index (κ1) is 15.3. The van der Waals surface area contributed by atoms with E-state index < -0.39 is 0 Å². The third-order valence-corrected chi connectivity index (χ3v) is 4.55. The SMILES string of the molecule is Cc1noc(C(C)N2CCN(Cc3nc4ccccc4o3)CC2)n1. The first-order valence-electron chi connectivity index (χ1n) is 8.30. The minimum absolute atomic E-state index is 0.151. The Hall–Kier alpha value is -2.25. The van der Waals surface area contributed by atoms with Crippen LogP contribution in [0.25, 0.3) is 11.1 Å². The molecule has 1 saturated heterocycles. The summed E-state index contributed by atoms with van der Waals surface area (Å²) in [4.78, 5) is 13.6. The number of aromatic nitrogens is 3. The maximum absolute atomic E-state index is 5.82. The van der Waals surface area contributed by atoms with Crippen LogP contribution in [-0.2, 0) is 6.54 Å². The first-order valence-corrected chi connectivity index (χ1v) is 8.30. The third kappa shape index (κ3) is 3.05. The summed E-state index contributed by atoms with van der Waals surface area (Å²) in [6.45, 7) is 8.57. The maximum Gasteiger partial charge on any atom is 0.243 e. The van der Waals surface area contributed by atoms with Crippen LogP contribution in [0.4, 0.5) is 0 Å². The number of oxazole rings is 1. The van der Waals surface area contributed by atoms with Crippen molar-refractivity contribution in [1.82, 2.24) is 24.9 Å². The van der Waals surface area contributed by atoms with E-state index in [1.54, 1.807) is 0 Å². The van der Waals surface area contributed by atoms with E-state index in [9.17, 15) is 0 Å². The fourth-order valence-corrected chi connectivity index (χ4v) is 3.13. The second-order valence-electron chi connectivity index (χ2n) is 6.24. The molecule has 0 spiro atoms. The van der Waals surface area contributed by atoms with Gasteiger partial charge in [-0.1, -0.05) is 17.3 Å². The van der Waals surface area contributed by atoms with Crippen molar-refractivity contribution < 1.29 is 8.94 Å². The van der Waals surface area contributed by atoms with Gasteiger partial charge >= 0.3 is 0 Å². The Labute approximate surface area is 140 Å². The Bertz CT molecular complexity index is 786. The number of nitrogens with zero attached hydrogens (tertiary/aromatic N) is 5. The van der Waals surface area contributed by atoms with E-state index in [2.05, 4.69) is 31.8 Å². The molecule has 0 aliphatic carbocycles. The highest BCUT2D eigenvalue weighted by molar-refractivity contribution is 5.72. The smallest absolute Gasteiger partial charge is 0.243 e. The van der Waals surface area contributed by atoms with Gasteiger partial charge in [0.25, 0.3) is 0 Å². The molecule has 1 fully saturated rings. The maximum atomic E-state index is 5.82. The highest BCUT2D eigenvalue weighted by Crippen LogP contribution is 2.21. The van der Waals surface area contributed by atoms with Gasteiger partial charge in [-0.2, -0.15) is 4.98 Å². The van der Waals surface area contributed by atoms with Crippen molar-refractivity contribution in [3.8, 4) is 0 Å². The lowest BCUT2D eigenvalue weighted by Gasteiger charge is -2.36. The minimum atomic E-state index is 0.151. The number of benzene rings is 1. The zero-order valence-electron chi connectivity index (χ0n) is 14.0. The van der Waals surface area contributed by atoms with Gasteiger partial charge in [0.1, 0.15) is 5.52 Å². The van der Waals surface area contributed by atoms with E-state index in [-0.39, 0.29) is 6.04 Å². The highest BCUT2D eigenvalue weighted by atomic mass is 16.5. The molecule has 24 heavy (non-hydrogen) atoms. The van der Waals surface area contributed by atoms with Gasteiger partial charge in [0.15, 0.2) is 11.4 Å². The summed E-state index contributed by atoms with van der Waals surface area (Å²) in [5, 5.41) is 3.88. The van der Waals surface area contributed by atoms with E-state index in [0.717, 1.165) is 49.7 Å². The number of hydrogen-bond acceptors (Lipinski definition) is 7. The van der Waals surface area contributed by atoms with Crippen molar-refractivity contribution in [3.05, 3.63) is 41.9 Å². The van der Waals surface area contributed by atoms with Crippen molar-refractivity contribution in [2.45, 2.75) is 26.4 Å². The zero-order valence-corrected chi connectivity index (χ0v) is 14.0. The molecular weight excluding hydrogens is 306 g/mol. The van der Waals surface area contributed by atoms with Crippen LogP contribution in [-0.4, -0.2) is 51.1 Å². The van der Waals surface area contributed by atoms with Crippen LogP contribution in [0.1, 0.15) is 30.6 Å². The standard InChI is InChI=1S/C17H21N5O2/c1-12(17-18-13(2)20-24-17)22-9-7-21(8-10-22)11-16-19-14-5-3-4-6-15(14)23-16/h3-6,12H,7-11H2,1-2H3. The lowest BCUT2D eigenvalue weighted by molar-refractivity contribution is 0.0801. The van der Waals surface area contributed by atoms with Crippen LogP contribution in [0.3, 0.4) is 0 Å². The fourth-order valence-electron chi connectivity index (χ4n) is 3.13. The Morgan fingerprint density at radius 2 is 1.92 bits per heavy atom. The molecule has 0 amide bonds. The van der Waals surface area contributed by atoms with Crippen LogP contribution in [0, 0.1) is 6.92 Å². The summed E-state index contributed by atoms with van der Waals surface area (Å²) in [7, 11) is 0. The van der Waals surface area contributed by atoms with Gasteiger partial charge in [-0.15, -0.1) is 0 Å². The Balaban J connectivity index is 1.35. The number of aryl methyl sites for hydroxylation is 1. The van der Waals surface area contributed by atoms with Crippen molar-refractivity contribution >= 4 is 11.1 Å². The molecule has 126 valence electrons. The van der Waals surface area contributed by atoms with Crippen LogP contribution in [0.15, 0.2) is 33.2 Å². The summed E-state index contributed by atoms with van der Waals surface area (Å²) in [5.74, 6) is 2.16. The van der Waals surface area contributed by atoms with E-state index in [1.165, 1.54) is 0 Å². The molecule has 7 heteroatoms. The average molecular weight is 327 g/mol. The van der Waals surface area contributed by atoms with E-state index in [4.69, 9.17) is 8.94 Å². The molecule has 1 aromatic carbocycles. The summed E-state index contributed by atoms with van der Waals surface area (Å²) in [6.07, 6.45) is 0. The normalized spacial score (nSPS) is 18.2. The van der Waals surface area contributed by atoms with Crippen molar-refractivity contribution in [1.29, 1.82) is 0 Å². The molecule has 1 atom stereocenters. The molecule has 0 radical (unpaired) electrons. The van der Waals surface area contributed by atoms with Gasteiger partial charge in [-0.25, -0.2) is 4.98 Å². The van der Waals surface area contributed by atoms with Crippen molar-refractivity contribution in [2.75, 3.05) is 26.2 Å². The average Bonchev–Trinajstić information content (AvgIpc) is 3.20. The summed E-state index contributed by atoms with van der Waals surface area (Å²) >= 11 is 0. The molecule has 0 N–H and O–H groups in total. The molecule has 3 heterocycles. The highest BCUT2D eigenvalue weighted by Gasteiger charge is 2.26. The first-order chi connectivity index (χ1) is 11.7. The largest absolute Gasteiger partial charge is 0.439 e. The van der Waals surface area contributed by atoms with Gasteiger partial charge in [0, 0.05) is 26.2 Å². The predicted octanol–water partition coefficient (Wildman–Crippen LogP) is 2.40. The molecule has 0 bridgehead atoms. The van der Waals surface area contributed by atoms with Crippen LogP contribution in [0.2, 0.25) is 0 Å². The van der Waals surface area contributed by atoms with Crippen LogP contribution < -0.4 is 0 Å². The number of para-hydroxylation sites is 2. The number of hydrogen-bond donors (Lipinski definition) is 0. The summed E-state index contributed by atoms with van der Waals surface area (Å²) in [6, 6.07) is 8.04. The van der Waals surface area contributed by atoms with Gasteiger partial charge in [-0.05, 0) is 26.0 Å². The molecule has 2 aromatic heterocycles. The number of rotatable bonds is 4. The molecule has 4 rings (SSSR count). The third-order valence-electron chi connectivity index (χ3n) is 4.55. The Morgan fingerprint density at radius 3 is 2.62 bits per heavy atom. The molecule has 3 aromatic rings. The molecule has 0 saturated carbocycles. The summed E-state index contributed by atoms with van der Waals surface area (Å²) in [5.41, 5.74) is 1.78. The molecule has 1 aliphatic heterocycles. The number of fused-ring (bicyclic) bond motifs is 1. The van der Waals surface area contributed by atoms with Crippen molar-refractivity contribution in [2.24, 2.45) is 0 Å². The molecule has 1 aliphatic rings. The molecular formula is C17H21N5O2. The van der Waals surface area contributed by atoms with Crippen LogP contribution in [0.5, 0.6) is 0 Å². The molecule has 1 unspecified atom stereocenters. The Kier molecular flexibility index (Phi) is 4.03. The fraction of sp³-hybridized carbons (Fsp3) is 0.471. The lowest BCUT2D eigenvalue weighted by atomic mass is 10.2. The lowest BCUT2D eigenvalue weighted by Crippen LogP contribution is -2.46. The second kappa shape index (κ2) is 6.33. The molecule has 7 nitrogen and oxygen atoms in total. The Morgan fingerprint density at radius 1 is 1.12 bits per heavy atom. The van der Waals surface area contributed by atoms with E-state index in [1.807, 2.05) is 31.2 Å².